The fraction of sp³-hybridized carbons (Fsp3) is 0.333. The predicted molar refractivity (Wildman–Crippen MR) is 46.4 cm³/mol. The van der Waals surface area contributed by atoms with Crippen molar-refractivity contribution in [1.29, 1.82) is 0 Å². The molecule has 0 saturated carbocycles. The van der Waals surface area contributed by atoms with Crippen molar-refractivity contribution in [2.75, 3.05) is 6.61 Å². The Balaban J connectivity index is 2.51. The lowest BCUT2D eigenvalue weighted by Crippen LogP contribution is -2.19. The first-order valence-corrected chi connectivity index (χ1v) is 4.22. The minimum absolute atomic E-state index is 0.0599. The number of carbonyl (C=O) groups is 1. The molecule has 1 rings (SSSR count). The molecule has 88 valence electrons. The molecule has 1 aromatic heterocycles. The zero-order valence-electron chi connectivity index (χ0n) is 8.25. The van der Waals surface area contributed by atoms with E-state index in [4.69, 9.17) is 0 Å². The van der Waals surface area contributed by atoms with Gasteiger partial charge in [0.15, 0.2) is 6.61 Å². The van der Waals surface area contributed by atoms with Crippen molar-refractivity contribution in [1.82, 2.24) is 4.98 Å². The lowest BCUT2D eigenvalue weighted by Gasteiger charge is -2.07. The van der Waals surface area contributed by atoms with Gasteiger partial charge in [0.25, 0.3) is 0 Å². The fourth-order valence-electron chi connectivity index (χ4n) is 0.895. The minimum atomic E-state index is -4.54. The van der Waals surface area contributed by atoms with Crippen LogP contribution in [0.1, 0.15) is 16.1 Å². The maximum absolute atomic E-state index is 11.7. The second kappa shape index (κ2) is 4.93. The summed E-state index contributed by atoms with van der Waals surface area (Å²) in [7, 11) is 0. The number of pyridine rings is 1. The molecule has 0 spiro atoms. The van der Waals surface area contributed by atoms with Gasteiger partial charge in [0.1, 0.15) is 0 Å². The molecule has 0 aliphatic rings. The first kappa shape index (κ1) is 12.4. The van der Waals surface area contributed by atoms with E-state index in [0.717, 1.165) is 0 Å². The van der Waals surface area contributed by atoms with Crippen LogP contribution < -0.4 is 0 Å². The highest BCUT2D eigenvalue weighted by Crippen LogP contribution is 2.15. The van der Waals surface area contributed by atoms with Crippen LogP contribution in [0.15, 0.2) is 18.3 Å². The topological polar surface area (TPSA) is 48.4 Å². The third kappa shape index (κ3) is 3.85. The lowest BCUT2D eigenvalue weighted by atomic mass is 10.2. The van der Waals surface area contributed by atoms with Crippen LogP contribution in [0.3, 0.4) is 0 Å². The molecule has 1 aromatic rings. The fourth-order valence-corrected chi connectivity index (χ4v) is 0.895. The summed E-state index contributed by atoms with van der Waals surface area (Å²) in [5.74, 6) is -1.00. The average molecular weight is 235 g/mol. The lowest BCUT2D eigenvalue weighted by molar-refractivity contribution is -0.302. The summed E-state index contributed by atoms with van der Waals surface area (Å²) in [4.78, 5) is 22.7. The summed E-state index contributed by atoms with van der Waals surface area (Å²) >= 11 is 0. The van der Waals surface area contributed by atoms with E-state index < -0.39 is 18.8 Å². The largest absolute Gasteiger partial charge is 0.415 e. The molecule has 0 amide bonds. The Hall–Kier alpha value is -1.63. The van der Waals surface area contributed by atoms with Gasteiger partial charge in [-0.1, -0.05) is 0 Å². The normalized spacial score (nSPS) is 11.2. The van der Waals surface area contributed by atoms with Crippen molar-refractivity contribution in [3.8, 4) is 0 Å². The Kier molecular flexibility index (Phi) is 3.83. The van der Waals surface area contributed by atoms with E-state index >= 15 is 0 Å². The van der Waals surface area contributed by atoms with Gasteiger partial charge in [0.2, 0.25) is 0 Å². The molecule has 0 N–H and O–H groups in total. The van der Waals surface area contributed by atoms with Gasteiger partial charge in [-0.2, -0.15) is 18.1 Å². The highest BCUT2D eigenvalue weighted by Gasteiger charge is 2.29. The van der Waals surface area contributed by atoms with E-state index in [9.17, 15) is 18.0 Å². The molecule has 0 unspecified atom stereocenters. The second-order valence-corrected chi connectivity index (χ2v) is 2.88. The van der Waals surface area contributed by atoms with Gasteiger partial charge in [-0.3, -0.25) is 9.87 Å². The number of hydrogen-bond donors (Lipinski definition) is 0. The number of carbonyl (C=O) groups excluding carboxylic acids is 1. The monoisotopic (exact) mass is 235 g/mol. The first-order chi connectivity index (χ1) is 7.40. The van der Waals surface area contributed by atoms with E-state index in [0.29, 0.717) is 5.69 Å². The molecule has 7 heteroatoms. The third-order valence-electron chi connectivity index (χ3n) is 1.58. The van der Waals surface area contributed by atoms with E-state index in [-0.39, 0.29) is 5.56 Å². The number of rotatable bonds is 3. The molecule has 0 aliphatic carbocycles. The van der Waals surface area contributed by atoms with Crippen molar-refractivity contribution in [2.24, 2.45) is 0 Å². The average Bonchev–Trinajstić information content (AvgIpc) is 2.16. The summed E-state index contributed by atoms with van der Waals surface area (Å²) < 4.78 is 35.0. The smallest absolute Gasteiger partial charge is 0.292 e. The van der Waals surface area contributed by atoms with E-state index in [1.165, 1.54) is 25.3 Å². The summed E-state index contributed by atoms with van der Waals surface area (Å²) in [6.45, 7) is -0.113. The Morgan fingerprint density at radius 1 is 1.50 bits per heavy atom. The minimum Gasteiger partial charge on any atom is -0.292 e. The molecule has 0 bridgehead atoms. The zero-order chi connectivity index (χ0) is 12.2. The summed E-state index contributed by atoms with van der Waals surface area (Å²) in [6, 6.07) is 2.84. The summed E-state index contributed by atoms with van der Waals surface area (Å²) in [5, 5.41) is 0. The van der Waals surface area contributed by atoms with Crippen LogP contribution in [0.4, 0.5) is 13.2 Å². The highest BCUT2D eigenvalue weighted by atomic mass is 19.4. The second-order valence-electron chi connectivity index (χ2n) is 2.88. The van der Waals surface area contributed by atoms with Gasteiger partial charge >= 0.3 is 12.1 Å². The summed E-state index contributed by atoms with van der Waals surface area (Å²) in [6.07, 6.45) is -3.09. The quantitative estimate of drug-likeness (QED) is 0.594. The first-order valence-electron chi connectivity index (χ1n) is 4.22. The van der Waals surface area contributed by atoms with E-state index in [2.05, 4.69) is 14.8 Å². The molecule has 0 fully saturated rings. The van der Waals surface area contributed by atoms with Crippen LogP contribution in [0, 0.1) is 6.92 Å². The van der Waals surface area contributed by atoms with Crippen LogP contribution in [0.5, 0.6) is 0 Å². The van der Waals surface area contributed by atoms with Crippen molar-refractivity contribution in [3.63, 3.8) is 0 Å². The van der Waals surface area contributed by atoms with Crippen LogP contribution in [0.2, 0.25) is 0 Å². The number of nitrogens with zero attached hydrogens (tertiary/aromatic N) is 1. The van der Waals surface area contributed by atoms with Crippen LogP contribution in [0.25, 0.3) is 0 Å². The molecule has 1 heterocycles. The van der Waals surface area contributed by atoms with Crippen molar-refractivity contribution < 1.29 is 27.7 Å². The number of aryl methyl sites for hydroxylation is 1. The number of alkyl halides is 3. The Morgan fingerprint density at radius 3 is 2.75 bits per heavy atom. The predicted octanol–water partition coefficient (Wildman–Crippen LogP) is 2.04. The SMILES string of the molecule is Cc1ncccc1C(=O)OOCC(F)(F)F. The Labute approximate surface area is 88.9 Å². The number of hydrogen-bond acceptors (Lipinski definition) is 4. The van der Waals surface area contributed by atoms with Gasteiger partial charge in [-0.05, 0) is 19.1 Å². The van der Waals surface area contributed by atoms with Gasteiger partial charge in [0, 0.05) is 6.20 Å². The van der Waals surface area contributed by atoms with Gasteiger partial charge in [-0.25, -0.2) is 4.79 Å². The standard InChI is InChI=1S/C9H8F3NO3/c1-6-7(3-2-4-13-6)8(14)16-15-5-9(10,11)12/h2-4H,5H2,1H3. The maximum atomic E-state index is 11.7. The van der Waals surface area contributed by atoms with Crippen molar-refractivity contribution >= 4 is 5.97 Å². The molecule has 0 radical (unpaired) electrons. The van der Waals surface area contributed by atoms with Gasteiger partial charge in [-0.15, -0.1) is 0 Å². The van der Waals surface area contributed by atoms with Crippen molar-refractivity contribution in [3.05, 3.63) is 29.6 Å². The van der Waals surface area contributed by atoms with Gasteiger partial charge in [0.05, 0.1) is 11.3 Å². The van der Waals surface area contributed by atoms with Crippen LogP contribution in [-0.2, 0) is 9.78 Å². The van der Waals surface area contributed by atoms with E-state index in [1.807, 2.05) is 0 Å². The molecule has 0 atom stereocenters. The molecular formula is C9H8F3NO3. The third-order valence-corrected chi connectivity index (χ3v) is 1.58. The zero-order valence-corrected chi connectivity index (χ0v) is 8.25. The molecule has 16 heavy (non-hydrogen) atoms. The Morgan fingerprint density at radius 2 is 2.19 bits per heavy atom. The number of aromatic nitrogens is 1. The van der Waals surface area contributed by atoms with Crippen molar-refractivity contribution in [2.45, 2.75) is 13.1 Å². The molecule has 0 aliphatic heterocycles. The van der Waals surface area contributed by atoms with Crippen LogP contribution in [-0.4, -0.2) is 23.7 Å². The maximum Gasteiger partial charge on any atom is 0.415 e. The molecular weight excluding hydrogens is 227 g/mol. The molecule has 0 saturated heterocycles. The Bertz CT molecular complexity index is 379. The highest BCUT2D eigenvalue weighted by molar-refractivity contribution is 5.89. The van der Waals surface area contributed by atoms with Crippen LogP contribution >= 0.6 is 0 Å². The summed E-state index contributed by atoms with van der Waals surface area (Å²) in [5.41, 5.74) is 0.410. The van der Waals surface area contributed by atoms with Gasteiger partial charge < -0.3 is 0 Å². The molecule has 4 nitrogen and oxygen atoms in total. The number of halogens is 3. The molecule has 0 aromatic carbocycles. The van der Waals surface area contributed by atoms with E-state index in [1.54, 1.807) is 0 Å².